The van der Waals surface area contributed by atoms with Crippen LogP contribution in [0.5, 0.6) is 17.2 Å². The quantitative estimate of drug-likeness (QED) is 0.172. The summed E-state index contributed by atoms with van der Waals surface area (Å²) in [5.41, 5.74) is 3.95. The fourth-order valence-corrected chi connectivity index (χ4v) is 5.10. The van der Waals surface area contributed by atoms with E-state index < -0.39 is 11.9 Å². The Kier molecular flexibility index (Phi) is 10.5. The second kappa shape index (κ2) is 14.3. The lowest BCUT2D eigenvalue weighted by atomic mass is 10.2. The van der Waals surface area contributed by atoms with Crippen LogP contribution < -0.4 is 30.3 Å². The van der Waals surface area contributed by atoms with Gasteiger partial charge in [0.05, 0.1) is 34.4 Å². The maximum Gasteiger partial charge on any atom is 0.338 e. The van der Waals surface area contributed by atoms with Gasteiger partial charge in [0.15, 0.2) is 22.4 Å². The fourth-order valence-electron chi connectivity index (χ4n) is 3.62. The minimum absolute atomic E-state index is 0.138. The number of carbonyl (C=O) groups excluding carboxylic acids is 3. The average Bonchev–Trinajstić information content (AvgIpc) is 3.22. The molecular weight excluding hydrogens is 623 g/mol. The van der Waals surface area contributed by atoms with Gasteiger partial charge < -0.3 is 24.8 Å². The first-order chi connectivity index (χ1) is 20.2. The van der Waals surface area contributed by atoms with Crippen molar-refractivity contribution in [3.63, 3.8) is 0 Å². The van der Waals surface area contributed by atoms with E-state index in [1.807, 2.05) is 13.0 Å². The van der Waals surface area contributed by atoms with Gasteiger partial charge >= 0.3 is 6.03 Å². The van der Waals surface area contributed by atoms with Crippen LogP contribution >= 0.6 is 47.2 Å². The van der Waals surface area contributed by atoms with Crippen LogP contribution in [0.1, 0.15) is 12.5 Å². The molecule has 0 atom stereocenters. The van der Waals surface area contributed by atoms with Crippen molar-refractivity contribution < 1.29 is 28.6 Å². The van der Waals surface area contributed by atoms with Gasteiger partial charge in [0.2, 0.25) is 0 Å². The number of halogens is 2. The lowest BCUT2D eigenvalue weighted by Crippen LogP contribution is -2.46. The van der Waals surface area contributed by atoms with Crippen molar-refractivity contribution in [1.29, 1.82) is 0 Å². The van der Waals surface area contributed by atoms with Gasteiger partial charge in [0.25, 0.3) is 11.8 Å². The van der Waals surface area contributed by atoms with Gasteiger partial charge in [-0.3, -0.25) is 9.59 Å². The molecule has 0 aromatic heterocycles. The maximum absolute atomic E-state index is 13.0. The second-order valence-corrected chi connectivity index (χ2v) is 10.9. The molecule has 1 aliphatic rings. The summed E-state index contributed by atoms with van der Waals surface area (Å²) in [5, 5.41) is 6.90. The molecule has 1 aliphatic heterocycles. The molecule has 14 heteroatoms. The Morgan fingerprint density at radius 3 is 2.50 bits per heavy atom. The predicted molar refractivity (Wildman–Crippen MR) is 168 cm³/mol. The van der Waals surface area contributed by atoms with Crippen molar-refractivity contribution in [2.45, 2.75) is 6.92 Å². The first-order valence-corrected chi connectivity index (χ1v) is 14.3. The van der Waals surface area contributed by atoms with Crippen LogP contribution in [-0.2, 0) is 9.59 Å². The van der Waals surface area contributed by atoms with Crippen LogP contribution in [0.15, 0.2) is 65.6 Å². The van der Waals surface area contributed by atoms with Crippen molar-refractivity contribution in [2.75, 3.05) is 31.0 Å². The topological polar surface area (TPSA) is 118 Å². The molecule has 0 spiro atoms. The predicted octanol–water partition coefficient (Wildman–Crippen LogP) is 6.36. The zero-order chi connectivity index (χ0) is 30.2. The molecule has 0 bridgehead atoms. The number of thioether (sulfide) groups is 1. The van der Waals surface area contributed by atoms with E-state index in [2.05, 4.69) is 16.1 Å². The number of carbonyl (C=O) groups is 3. The van der Waals surface area contributed by atoms with Gasteiger partial charge in [-0.15, -0.1) is 0 Å². The highest BCUT2D eigenvalue weighted by Crippen LogP contribution is 2.34. The number of para-hydroxylation sites is 2. The summed E-state index contributed by atoms with van der Waals surface area (Å²) < 4.78 is 16.8. The molecule has 218 valence electrons. The van der Waals surface area contributed by atoms with Crippen molar-refractivity contribution in [3.05, 3.63) is 81.2 Å². The average molecular weight is 648 g/mol. The third-order valence-electron chi connectivity index (χ3n) is 5.49. The number of urea groups is 1. The smallest absolute Gasteiger partial charge is 0.338 e. The molecule has 10 nitrogen and oxygen atoms in total. The van der Waals surface area contributed by atoms with Crippen LogP contribution in [0, 0.1) is 0 Å². The van der Waals surface area contributed by atoms with Gasteiger partial charge in [0.1, 0.15) is 5.75 Å². The van der Waals surface area contributed by atoms with E-state index in [4.69, 9.17) is 49.6 Å². The molecule has 3 aromatic rings. The largest absolute Gasteiger partial charge is 0.493 e. The third-order valence-corrected chi connectivity index (χ3v) is 7.53. The molecule has 4 rings (SSSR count). The Bertz CT molecular complexity index is 1570. The van der Waals surface area contributed by atoms with E-state index in [0.717, 1.165) is 16.8 Å². The number of benzene rings is 3. The Balaban J connectivity index is 1.38. The van der Waals surface area contributed by atoms with Gasteiger partial charge in [-0.05, 0) is 73.2 Å². The van der Waals surface area contributed by atoms with Crippen LogP contribution in [0.3, 0.4) is 0 Å². The Morgan fingerprint density at radius 1 is 0.976 bits per heavy atom. The van der Waals surface area contributed by atoms with E-state index in [1.165, 1.54) is 19.2 Å². The number of amides is 4. The Hall–Kier alpha value is -3.97. The molecule has 3 N–H and O–H groups in total. The minimum Gasteiger partial charge on any atom is -0.493 e. The highest BCUT2D eigenvalue weighted by Gasteiger charge is 2.33. The SMILES string of the molecule is CCOc1ccccc1NC(=O)COc1ccc(/C=C2/SC(=S)N(NC(=O)Nc3ccc(Cl)c(Cl)c3)C2=O)cc1OC. The van der Waals surface area contributed by atoms with Crippen LogP contribution in [0.4, 0.5) is 16.2 Å². The Morgan fingerprint density at radius 2 is 1.76 bits per heavy atom. The summed E-state index contributed by atoms with van der Waals surface area (Å²) in [4.78, 5) is 38.2. The number of thiocarbonyl (C=S) groups is 1. The van der Waals surface area contributed by atoms with Gasteiger partial charge in [-0.25, -0.2) is 10.2 Å². The lowest BCUT2D eigenvalue weighted by molar-refractivity contribution is -0.123. The molecule has 0 radical (unpaired) electrons. The van der Waals surface area contributed by atoms with Gasteiger partial charge in [0, 0.05) is 5.69 Å². The number of ether oxygens (including phenoxy) is 3. The summed E-state index contributed by atoms with van der Waals surface area (Å²) in [6, 6.07) is 15.9. The first kappa shape index (κ1) is 31.0. The molecule has 1 heterocycles. The maximum atomic E-state index is 13.0. The van der Waals surface area contributed by atoms with E-state index in [-0.39, 0.29) is 26.8 Å². The van der Waals surface area contributed by atoms with Crippen LogP contribution in [0.25, 0.3) is 6.08 Å². The van der Waals surface area contributed by atoms with E-state index >= 15 is 0 Å². The van der Waals surface area contributed by atoms with Gasteiger partial charge in [-0.1, -0.05) is 53.2 Å². The molecule has 0 saturated carbocycles. The van der Waals surface area contributed by atoms with Gasteiger partial charge in [-0.2, -0.15) is 5.01 Å². The molecule has 0 unspecified atom stereocenters. The van der Waals surface area contributed by atoms with Crippen molar-refractivity contribution in [3.8, 4) is 17.2 Å². The van der Waals surface area contributed by atoms with Crippen molar-refractivity contribution in [2.24, 2.45) is 0 Å². The summed E-state index contributed by atoms with van der Waals surface area (Å²) in [5.74, 6) is 0.338. The third kappa shape index (κ3) is 7.85. The summed E-state index contributed by atoms with van der Waals surface area (Å²) in [6.07, 6.45) is 1.60. The zero-order valence-corrected chi connectivity index (χ0v) is 25.4. The van der Waals surface area contributed by atoms with Crippen LogP contribution in [-0.4, -0.2) is 47.5 Å². The first-order valence-electron chi connectivity index (χ1n) is 12.3. The normalized spacial score (nSPS) is 13.6. The Labute approximate surface area is 261 Å². The fraction of sp³-hybridized carbons (Fsp3) is 0.143. The van der Waals surface area contributed by atoms with E-state index in [9.17, 15) is 14.4 Å². The summed E-state index contributed by atoms with van der Waals surface area (Å²) in [6.45, 7) is 2.05. The number of hydrazine groups is 1. The molecule has 42 heavy (non-hydrogen) atoms. The molecule has 1 fully saturated rings. The molecule has 1 saturated heterocycles. The summed E-state index contributed by atoms with van der Waals surface area (Å²) >= 11 is 18.2. The van der Waals surface area contributed by atoms with Crippen LogP contribution in [0.2, 0.25) is 10.0 Å². The number of hydrogen-bond donors (Lipinski definition) is 3. The second-order valence-electron chi connectivity index (χ2n) is 8.39. The lowest BCUT2D eigenvalue weighted by Gasteiger charge is -2.16. The number of rotatable bonds is 10. The summed E-state index contributed by atoms with van der Waals surface area (Å²) in [7, 11) is 1.46. The highest BCUT2D eigenvalue weighted by atomic mass is 35.5. The molecule has 3 aromatic carbocycles. The van der Waals surface area contributed by atoms with Crippen molar-refractivity contribution >= 4 is 86.8 Å². The highest BCUT2D eigenvalue weighted by molar-refractivity contribution is 8.26. The standard InChI is InChI=1S/C28H24Cl2N4O6S2/c1-3-39-21-7-5-4-6-20(21)32-25(35)15-40-22-11-8-16(12-23(22)38-2)13-24-26(36)34(28(41)42-24)33-27(37)31-17-9-10-18(29)19(30)14-17/h4-14H,3,15H2,1-2H3,(H,32,35)(H2,31,33,37)/b24-13+. The monoisotopic (exact) mass is 646 g/mol. The number of anilines is 2. The zero-order valence-electron chi connectivity index (χ0n) is 22.2. The number of hydrogen-bond acceptors (Lipinski definition) is 8. The molecule has 4 amide bonds. The molecule has 0 aliphatic carbocycles. The number of nitrogens with one attached hydrogen (secondary N) is 3. The number of methoxy groups -OCH3 is 1. The van der Waals surface area contributed by atoms with E-state index in [1.54, 1.807) is 48.5 Å². The number of nitrogens with zero attached hydrogens (tertiary/aromatic N) is 1. The minimum atomic E-state index is -0.695. The van der Waals surface area contributed by atoms with Crippen molar-refractivity contribution in [1.82, 2.24) is 10.4 Å². The molecular formula is C28H24Cl2N4O6S2. The van der Waals surface area contributed by atoms with E-state index in [0.29, 0.717) is 45.8 Å².